The van der Waals surface area contributed by atoms with E-state index in [1.54, 1.807) is 20.1 Å². The molecule has 2 N–H and O–H groups in total. The van der Waals surface area contributed by atoms with E-state index in [4.69, 9.17) is 14.5 Å². The average Bonchev–Trinajstić information content (AvgIpc) is 3.36. The van der Waals surface area contributed by atoms with Crippen molar-refractivity contribution in [3.05, 3.63) is 48.2 Å². The standard InChI is InChI=1S/C24H24F3N3O5/c1-13(12-33-3)29-10-9-17-23(29)22(30-19(31)7-8-20(30)32)14(2)21(28-17)16-6-5-15(11-18(16)34-4)35-24(25,26)27/h5-11,13,31-32H,12H2,1-4H3/t13-/m0/s1. The van der Waals surface area contributed by atoms with Gasteiger partial charge in [-0.2, -0.15) is 0 Å². The van der Waals surface area contributed by atoms with Crippen molar-refractivity contribution in [3.8, 4) is 40.2 Å². The van der Waals surface area contributed by atoms with Crippen LogP contribution in [0.5, 0.6) is 23.3 Å². The molecule has 186 valence electrons. The van der Waals surface area contributed by atoms with E-state index in [2.05, 4.69) is 4.74 Å². The van der Waals surface area contributed by atoms with Crippen molar-refractivity contribution >= 4 is 11.0 Å². The van der Waals surface area contributed by atoms with Crippen molar-refractivity contribution in [1.82, 2.24) is 14.1 Å². The maximum absolute atomic E-state index is 12.7. The van der Waals surface area contributed by atoms with Crippen molar-refractivity contribution in [3.63, 3.8) is 0 Å². The first kappa shape index (κ1) is 24.3. The molecule has 1 aromatic carbocycles. The molecule has 3 heterocycles. The van der Waals surface area contributed by atoms with E-state index in [1.165, 1.54) is 35.9 Å². The Balaban J connectivity index is 2.01. The fourth-order valence-corrected chi connectivity index (χ4v) is 4.20. The highest BCUT2D eigenvalue weighted by Crippen LogP contribution is 2.42. The summed E-state index contributed by atoms with van der Waals surface area (Å²) in [6.45, 7) is 4.10. The summed E-state index contributed by atoms with van der Waals surface area (Å²) in [5.41, 5.74) is 2.98. The number of aromatic nitrogens is 3. The van der Waals surface area contributed by atoms with Crippen molar-refractivity contribution in [2.24, 2.45) is 0 Å². The molecule has 0 unspecified atom stereocenters. The van der Waals surface area contributed by atoms with Gasteiger partial charge in [0.2, 0.25) is 0 Å². The molecule has 11 heteroatoms. The highest BCUT2D eigenvalue weighted by molar-refractivity contribution is 5.92. The summed E-state index contributed by atoms with van der Waals surface area (Å²) in [6.07, 6.45) is -3.03. The maximum Gasteiger partial charge on any atom is 0.573 e. The van der Waals surface area contributed by atoms with Crippen LogP contribution >= 0.6 is 0 Å². The molecule has 0 bridgehead atoms. The molecule has 0 aliphatic rings. The zero-order chi connectivity index (χ0) is 25.5. The van der Waals surface area contributed by atoms with Gasteiger partial charge in [0, 0.05) is 42.6 Å². The second-order valence-electron chi connectivity index (χ2n) is 7.99. The third kappa shape index (κ3) is 4.46. The second kappa shape index (κ2) is 9.06. The van der Waals surface area contributed by atoms with Gasteiger partial charge in [-0.05, 0) is 32.0 Å². The summed E-state index contributed by atoms with van der Waals surface area (Å²) in [5, 5.41) is 21.1. The topological polar surface area (TPSA) is 90.9 Å². The number of methoxy groups -OCH3 is 2. The largest absolute Gasteiger partial charge is 0.573 e. The minimum atomic E-state index is -4.85. The van der Waals surface area contributed by atoms with E-state index < -0.39 is 12.1 Å². The average molecular weight is 491 g/mol. The van der Waals surface area contributed by atoms with E-state index in [-0.39, 0.29) is 23.6 Å². The van der Waals surface area contributed by atoms with Gasteiger partial charge in [-0.1, -0.05) is 0 Å². The summed E-state index contributed by atoms with van der Waals surface area (Å²) in [5.74, 6) is -0.716. The minimum Gasteiger partial charge on any atom is -0.496 e. The normalized spacial score (nSPS) is 12.8. The third-order valence-electron chi connectivity index (χ3n) is 5.67. The van der Waals surface area contributed by atoms with Crippen molar-refractivity contribution in [2.45, 2.75) is 26.3 Å². The molecule has 4 rings (SSSR count). The molecule has 0 amide bonds. The van der Waals surface area contributed by atoms with Crippen LogP contribution in [0.4, 0.5) is 13.2 Å². The molecule has 0 saturated heterocycles. The number of hydrogen-bond acceptors (Lipinski definition) is 6. The fourth-order valence-electron chi connectivity index (χ4n) is 4.20. The van der Waals surface area contributed by atoms with Gasteiger partial charge < -0.3 is 29.0 Å². The van der Waals surface area contributed by atoms with Crippen LogP contribution in [-0.4, -0.2) is 51.5 Å². The van der Waals surface area contributed by atoms with Gasteiger partial charge in [-0.3, -0.25) is 0 Å². The lowest BCUT2D eigenvalue weighted by atomic mass is 10.0. The summed E-state index contributed by atoms with van der Waals surface area (Å²) < 4.78 is 56.0. The molecule has 0 fully saturated rings. The molecule has 35 heavy (non-hydrogen) atoms. The van der Waals surface area contributed by atoms with E-state index in [1.807, 2.05) is 17.7 Å². The van der Waals surface area contributed by atoms with Crippen LogP contribution in [0.25, 0.3) is 28.0 Å². The second-order valence-corrected chi connectivity index (χ2v) is 7.99. The first-order valence-electron chi connectivity index (χ1n) is 10.6. The lowest BCUT2D eigenvalue weighted by Crippen LogP contribution is -2.17. The van der Waals surface area contributed by atoms with Gasteiger partial charge in [-0.15, -0.1) is 13.2 Å². The number of nitrogens with zero attached hydrogens (tertiary/aromatic N) is 3. The van der Waals surface area contributed by atoms with Gasteiger partial charge in [0.05, 0.1) is 42.2 Å². The first-order chi connectivity index (χ1) is 16.6. The SMILES string of the molecule is COC[C@H](C)n1ccc2nc(-c3ccc(OC(F)(F)F)cc3OC)c(C)c(-n3c(O)ccc3O)c21. The highest BCUT2D eigenvalue weighted by Gasteiger charge is 2.32. The number of alkyl halides is 3. The summed E-state index contributed by atoms with van der Waals surface area (Å²) in [7, 11) is 2.92. The molecule has 1 atom stereocenters. The maximum atomic E-state index is 12.7. The molecule has 0 spiro atoms. The molecule has 0 saturated carbocycles. The number of aromatic hydroxyl groups is 2. The number of rotatable bonds is 7. The van der Waals surface area contributed by atoms with E-state index in [0.717, 1.165) is 6.07 Å². The molecule has 4 aromatic rings. The van der Waals surface area contributed by atoms with Crippen LogP contribution in [0.2, 0.25) is 0 Å². The van der Waals surface area contributed by atoms with Crippen LogP contribution < -0.4 is 9.47 Å². The van der Waals surface area contributed by atoms with Crippen LogP contribution in [0.15, 0.2) is 42.6 Å². The van der Waals surface area contributed by atoms with Gasteiger partial charge in [0.15, 0.2) is 11.8 Å². The Morgan fingerprint density at radius 2 is 1.74 bits per heavy atom. The monoisotopic (exact) mass is 491 g/mol. The van der Waals surface area contributed by atoms with E-state index in [0.29, 0.717) is 40.1 Å². The minimum absolute atomic E-state index is 0.100. The van der Waals surface area contributed by atoms with Crippen molar-refractivity contribution in [1.29, 1.82) is 0 Å². The Kier molecular flexibility index (Phi) is 6.28. The Labute approximate surface area is 198 Å². The number of hydrogen-bond donors (Lipinski definition) is 2. The quantitative estimate of drug-likeness (QED) is 0.363. The van der Waals surface area contributed by atoms with Gasteiger partial charge in [0.25, 0.3) is 0 Å². The molecule has 3 aromatic heterocycles. The van der Waals surface area contributed by atoms with Crippen LogP contribution in [0, 0.1) is 6.92 Å². The Morgan fingerprint density at radius 1 is 1.06 bits per heavy atom. The molecular weight excluding hydrogens is 467 g/mol. The van der Waals surface area contributed by atoms with Crippen molar-refractivity contribution < 1.29 is 37.6 Å². The lowest BCUT2D eigenvalue weighted by Gasteiger charge is -2.21. The lowest BCUT2D eigenvalue weighted by molar-refractivity contribution is -0.274. The molecule has 0 aliphatic heterocycles. The van der Waals surface area contributed by atoms with Crippen molar-refractivity contribution in [2.75, 3.05) is 20.8 Å². The summed E-state index contributed by atoms with van der Waals surface area (Å²) in [6, 6.07) is 8.12. The molecule has 0 aliphatic carbocycles. The zero-order valence-electron chi connectivity index (χ0n) is 19.4. The third-order valence-corrected chi connectivity index (χ3v) is 5.67. The van der Waals surface area contributed by atoms with Gasteiger partial charge >= 0.3 is 6.36 Å². The highest BCUT2D eigenvalue weighted by atomic mass is 19.4. The Hall–Kier alpha value is -3.86. The Bertz CT molecular complexity index is 1360. The molecular formula is C24H24F3N3O5. The Morgan fingerprint density at radius 3 is 2.34 bits per heavy atom. The predicted octanol–water partition coefficient (Wildman–Crippen LogP) is 5.33. The molecule has 0 radical (unpaired) electrons. The summed E-state index contributed by atoms with van der Waals surface area (Å²) >= 11 is 0. The number of ether oxygens (including phenoxy) is 3. The van der Waals surface area contributed by atoms with E-state index >= 15 is 0 Å². The predicted molar refractivity (Wildman–Crippen MR) is 122 cm³/mol. The fraction of sp³-hybridized carbons (Fsp3) is 0.292. The number of benzene rings is 1. The molecule has 8 nitrogen and oxygen atoms in total. The van der Waals surface area contributed by atoms with Crippen LogP contribution in [0.1, 0.15) is 18.5 Å². The van der Waals surface area contributed by atoms with Crippen LogP contribution in [0.3, 0.4) is 0 Å². The van der Waals surface area contributed by atoms with Crippen LogP contribution in [-0.2, 0) is 4.74 Å². The first-order valence-corrected chi connectivity index (χ1v) is 10.6. The zero-order valence-corrected chi connectivity index (χ0v) is 19.4. The number of halogens is 3. The summed E-state index contributed by atoms with van der Waals surface area (Å²) in [4.78, 5) is 4.77. The number of pyridine rings is 1. The van der Waals surface area contributed by atoms with Gasteiger partial charge in [-0.25, -0.2) is 9.55 Å². The van der Waals surface area contributed by atoms with E-state index in [9.17, 15) is 23.4 Å². The number of fused-ring (bicyclic) bond motifs is 1. The van der Waals surface area contributed by atoms with Gasteiger partial charge in [0.1, 0.15) is 11.5 Å². The smallest absolute Gasteiger partial charge is 0.496 e.